The van der Waals surface area contributed by atoms with E-state index in [4.69, 9.17) is 4.74 Å². The van der Waals surface area contributed by atoms with Crippen LogP contribution in [0.5, 0.6) is 0 Å². The Morgan fingerprint density at radius 2 is 2.15 bits per heavy atom. The Kier molecular flexibility index (Phi) is 4.79. The lowest BCUT2D eigenvalue weighted by Crippen LogP contribution is -2.52. The molecule has 114 valence electrons. The highest BCUT2D eigenvalue weighted by atomic mass is 32.2. The summed E-state index contributed by atoms with van der Waals surface area (Å²) in [6.07, 6.45) is 3.73. The van der Waals surface area contributed by atoms with Gasteiger partial charge in [0.1, 0.15) is 5.82 Å². The lowest BCUT2D eigenvalue weighted by Gasteiger charge is -2.35. The van der Waals surface area contributed by atoms with Crippen molar-refractivity contribution in [3.8, 4) is 0 Å². The van der Waals surface area contributed by atoms with Crippen LogP contribution in [-0.4, -0.2) is 48.0 Å². The van der Waals surface area contributed by atoms with Crippen LogP contribution in [0.15, 0.2) is 12.4 Å². The Hall–Kier alpha value is -0.960. The molecule has 0 radical (unpaired) electrons. The average Bonchev–Trinajstić information content (AvgIpc) is 2.88. The van der Waals surface area contributed by atoms with Crippen molar-refractivity contribution in [2.45, 2.75) is 45.4 Å². The number of aromatic amines is 1. The van der Waals surface area contributed by atoms with Gasteiger partial charge in [0.25, 0.3) is 10.2 Å². The third-order valence-electron chi connectivity index (χ3n) is 3.27. The van der Waals surface area contributed by atoms with E-state index in [0.717, 1.165) is 0 Å². The number of imidazole rings is 1. The molecule has 0 aliphatic carbocycles. The smallest absolute Gasteiger partial charge is 0.280 e. The third kappa shape index (κ3) is 3.57. The number of nitrogens with one attached hydrogen (secondary N) is 2. The number of morpholine rings is 1. The van der Waals surface area contributed by atoms with Crippen molar-refractivity contribution in [3.05, 3.63) is 18.2 Å². The Bertz CT molecular complexity index is 507. The molecule has 1 aliphatic heterocycles. The van der Waals surface area contributed by atoms with Gasteiger partial charge in [0.15, 0.2) is 0 Å². The zero-order chi connectivity index (χ0) is 14.8. The molecule has 2 N–H and O–H groups in total. The summed E-state index contributed by atoms with van der Waals surface area (Å²) in [6, 6.07) is -0.344. The maximum Gasteiger partial charge on any atom is 0.280 e. The van der Waals surface area contributed by atoms with Gasteiger partial charge in [-0.05, 0) is 20.3 Å². The van der Waals surface area contributed by atoms with E-state index >= 15 is 0 Å². The molecule has 1 aromatic rings. The summed E-state index contributed by atoms with van der Waals surface area (Å²) in [4.78, 5) is 7.07. The van der Waals surface area contributed by atoms with E-state index < -0.39 is 10.2 Å². The number of aromatic nitrogens is 2. The molecular formula is C12H22N4O3S. The lowest BCUT2D eigenvalue weighted by molar-refractivity contribution is -0.0444. The zero-order valence-corrected chi connectivity index (χ0v) is 12.9. The summed E-state index contributed by atoms with van der Waals surface area (Å²) in [5, 5.41) is 0. The number of nitrogens with zero attached hydrogens (tertiary/aromatic N) is 2. The van der Waals surface area contributed by atoms with Crippen molar-refractivity contribution in [2.24, 2.45) is 0 Å². The van der Waals surface area contributed by atoms with Gasteiger partial charge >= 0.3 is 0 Å². The van der Waals surface area contributed by atoms with Crippen molar-refractivity contribution >= 4 is 10.2 Å². The maximum absolute atomic E-state index is 12.5. The molecular weight excluding hydrogens is 280 g/mol. The minimum atomic E-state index is -3.54. The molecule has 0 aromatic carbocycles. The second-order valence-electron chi connectivity index (χ2n) is 5.13. The van der Waals surface area contributed by atoms with E-state index in [1.807, 2.05) is 20.8 Å². The summed E-state index contributed by atoms with van der Waals surface area (Å²) in [6.45, 7) is 6.41. The van der Waals surface area contributed by atoms with Gasteiger partial charge in [-0.15, -0.1) is 0 Å². The summed E-state index contributed by atoms with van der Waals surface area (Å²) in [5.74, 6) is 0.630. The van der Waals surface area contributed by atoms with E-state index in [-0.39, 0.29) is 18.2 Å². The van der Waals surface area contributed by atoms with Gasteiger partial charge < -0.3 is 9.72 Å². The highest BCUT2D eigenvalue weighted by Gasteiger charge is 2.32. The molecule has 3 unspecified atom stereocenters. The molecule has 0 saturated carbocycles. The molecule has 0 spiro atoms. The second-order valence-corrected chi connectivity index (χ2v) is 6.83. The van der Waals surface area contributed by atoms with Crippen LogP contribution in [0.3, 0.4) is 0 Å². The van der Waals surface area contributed by atoms with E-state index in [2.05, 4.69) is 14.7 Å². The van der Waals surface area contributed by atoms with Gasteiger partial charge in [0.05, 0.1) is 18.2 Å². The highest BCUT2D eigenvalue weighted by molar-refractivity contribution is 7.87. The van der Waals surface area contributed by atoms with Gasteiger partial charge in [0.2, 0.25) is 0 Å². The fourth-order valence-electron chi connectivity index (χ4n) is 2.38. The van der Waals surface area contributed by atoms with E-state index in [1.54, 1.807) is 12.4 Å². The molecule has 1 saturated heterocycles. The summed E-state index contributed by atoms with van der Waals surface area (Å²) in [7, 11) is -3.54. The van der Waals surface area contributed by atoms with Crippen LogP contribution in [-0.2, 0) is 14.9 Å². The van der Waals surface area contributed by atoms with Crippen molar-refractivity contribution in [1.82, 2.24) is 19.0 Å². The highest BCUT2D eigenvalue weighted by Crippen LogP contribution is 2.18. The van der Waals surface area contributed by atoms with Crippen molar-refractivity contribution < 1.29 is 13.2 Å². The van der Waals surface area contributed by atoms with Crippen LogP contribution < -0.4 is 4.72 Å². The maximum atomic E-state index is 12.5. The van der Waals surface area contributed by atoms with Gasteiger partial charge in [-0.1, -0.05) is 6.92 Å². The third-order valence-corrected chi connectivity index (χ3v) is 4.84. The predicted octanol–water partition coefficient (Wildman–Crippen LogP) is 0.804. The van der Waals surface area contributed by atoms with E-state index in [9.17, 15) is 8.42 Å². The topological polar surface area (TPSA) is 87.3 Å². The van der Waals surface area contributed by atoms with Crippen LogP contribution in [0.25, 0.3) is 0 Å². The summed E-state index contributed by atoms with van der Waals surface area (Å²) in [5.41, 5.74) is 0. The first-order chi connectivity index (χ1) is 9.42. The van der Waals surface area contributed by atoms with Crippen LogP contribution in [0.4, 0.5) is 0 Å². The minimum Gasteiger partial charge on any atom is -0.373 e. The molecule has 1 aliphatic rings. The number of hydrogen-bond acceptors (Lipinski definition) is 4. The molecule has 7 nitrogen and oxygen atoms in total. The first kappa shape index (κ1) is 15.4. The van der Waals surface area contributed by atoms with E-state index in [1.165, 1.54) is 4.31 Å². The molecule has 2 heterocycles. The van der Waals surface area contributed by atoms with E-state index in [0.29, 0.717) is 25.3 Å². The Morgan fingerprint density at radius 3 is 2.65 bits per heavy atom. The number of H-pyrrole nitrogens is 1. The number of ether oxygens (including phenoxy) is 1. The first-order valence-electron chi connectivity index (χ1n) is 6.84. The fraction of sp³-hybridized carbons (Fsp3) is 0.750. The summed E-state index contributed by atoms with van der Waals surface area (Å²) < 4.78 is 34.6. The first-order valence-corrected chi connectivity index (χ1v) is 8.28. The average molecular weight is 302 g/mol. The van der Waals surface area contributed by atoms with Crippen molar-refractivity contribution in [2.75, 3.05) is 13.1 Å². The summed E-state index contributed by atoms with van der Waals surface area (Å²) >= 11 is 0. The minimum absolute atomic E-state index is 0.0981. The molecule has 2 rings (SSSR count). The van der Waals surface area contributed by atoms with Crippen LogP contribution >= 0.6 is 0 Å². The predicted molar refractivity (Wildman–Crippen MR) is 75.3 cm³/mol. The fourth-order valence-corrected chi connectivity index (χ4v) is 3.98. The van der Waals surface area contributed by atoms with Crippen LogP contribution in [0.1, 0.15) is 39.1 Å². The van der Waals surface area contributed by atoms with Crippen LogP contribution in [0, 0.1) is 0 Å². The zero-order valence-electron chi connectivity index (χ0n) is 12.0. The molecule has 20 heavy (non-hydrogen) atoms. The number of hydrogen-bond donors (Lipinski definition) is 2. The quantitative estimate of drug-likeness (QED) is 0.842. The van der Waals surface area contributed by atoms with Crippen molar-refractivity contribution in [1.29, 1.82) is 0 Å². The largest absolute Gasteiger partial charge is 0.373 e. The van der Waals surface area contributed by atoms with Crippen LogP contribution in [0.2, 0.25) is 0 Å². The van der Waals surface area contributed by atoms with Crippen molar-refractivity contribution in [3.63, 3.8) is 0 Å². The standard InChI is InChI=1S/C12H22N4O3S/c1-4-11(12-13-5-6-14-12)15-20(17,18)16-7-9(2)19-10(3)8-16/h5-6,9-11,15H,4,7-8H2,1-3H3,(H,13,14). The molecule has 1 aromatic heterocycles. The lowest BCUT2D eigenvalue weighted by atomic mass is 10.2. The number of rotatable bonds is 5. The monoisotopic (exact) mass is 302 g/mol. The molecule has 3 atom stereocenters. The van der Waals surface area contributed by atoms with Gasteiger partial charge in [0, 0.05) is 25.5 Å². The Labute approximate surface area is 119 Å². The molecule has 8 heteroatoms. The molecule has 0 amide bonds. The molecule has 1 fully saturated rings. The normalized spacial score (nSPS) is 26.6. The van der Waals surface area contributed by atoms with Gasteiger partial charge in [-0.2, -0.15) is 17.4 Å². The Balaban J connectivity index is 2.10. The molecule has 0 bridgehead atoms. The van der Waals surface area contributed by atoms with Gasteiger partial charge in [-0.25, -0.2) is 4.98 Å². The second kappa shape index (κ2) is 6.21. The van der Waals surface area contributed by atoms with Gasteiger partial charge in [-0.3, -0.25) is 0 Å². The Morgan fingerprint density at radius 1 is 1.50 bits per heavy atom. The SMILES string of the molecule is CCC(NS(=O)(=O)N1CC(C)OC(C)C1)c1ncc[nH]1.